The number of nitrogens with two attached hydrogens (primary N) is 1. The normalized spacial score (nSPS) is 19.8. The van der Waals surface area contributed by atoms with Crippen molar-refractivity contribution in [2.75, 3.05) is 58.0 Å². The van der Waals surface area contributed by atoms with Gasteiger partial charge in [-0.05, 0) is 30.7 Å². The van der Waals surface area contributed by atoms with Crippen molar-refractivity contribution in [1.29, 1.82) is 0 Å². The number of amides is 2. The second-order valence-electron chi connectivity index (χ2n) is 14.3. The number of aliphatic hydroxyl groups excluding tert-OH is 1. The number of aliphatic hydroxyl groups is 1. The largest absolute Gasteiger partial charge is 0.490 e. The number of carbonyl (C=O) groups is 2. The molecule has 3 aliphatic rings. The highest BCUT2D eigenvalue weighted by molar-refractivity contribution is 7.66. The first kappa shape index (κ1) is 47.8. The van der Waals surface area contributed by atoms with E-state index in [4.69, 9.17) is 30.0 Å². The third-order valence-electron chi connectivity index (χ3n) is 9.36. The SMILES string of the molecule is CN(CCCC(=O)NCCNC(=O)O[C@@H]1[C@H](O)[C@@H](COP(=O)(O)OP(=O)(O)OP(=O)(O)O)O[C@H]1[n+]1cn(C)c2c(=O)[nH]c(N)nc21)c1ccc2nc3ccc(=[N+](C)C)cc-3sc2c1. The van der Waals surface area contributed by atoms with Crippen LogP contribution in [0.25, 0.3) is 32.0 Å². The van der Waals surface area contributed by atoms with Crippen LogP contribution in [0, 0.1) is 0 Å². The zero-order valence-electron chi connectivity index (χ0n) is 33.8. The lowest BCUT2D eigenvalue weighted by Gasteiger charge is -2.20. The average Bonchev–Trinajstić information content (AvgIpc) is 3.67. The number of fused-ring (bicyclic) bond motifs is 3. The highest BCUT2D eigenvalue weighted by Gasteiger charge is 2.51. The molecule has 0 bridgehead atoms. The van der Waals surface area contributed by atoms with E-state index in [1.807, 2.05) is 54.9 Å². The average molecular weight is 963 g/mol. The standard InChI is InChI=1S/C33H43N10O16P3S/c1-40(2)18-7-9-20-23(14-18)63-24-15-19(8-10-21(24)37-20)41(3)13-5-6-25(44)35-11-12-36-33(47)57-28-27(45)22(16-55-61(51,52)59-62(53,54)58-60(48,49)50)56-31(28)43-17-42(4)26-29(43)38-32(34)39-30(26)46/h7-10,14-15,17,22,27-28,31,45H,5-6,11-13,16H2,1-4H3,(H7-2,34,35,36,38,39,44,46,47,48,49,50,51,52,53,54)/p+2/t22-,27-,28-,31-/m1/s1. The van der Waals surface area contributed by atoms with Gasteiger partial charge in [0.15, 0.2) is 12.4 Å². The van der Waals surface area contributed by atoms with Gasteiger partial charge in [0.25, 0.3) is 11.5 Å². The number of hydrogen-bond donors (Lipinski definition) is 9. The van der Waals surface area contributed by atoms with Gasteiger partial charge in [-0.25, -0.2) is 32.6 Å². The highest BCUT2D eigenvalue weighted by atomic mass is 32.1. The number of hydrogen-bond acceptors (Lipinski definition) is 17. The van der Waals surface area contributed by atoms with E-state index in [2.05, 4.69) is 45.9 Å². The van der Waals surface area contributed by atoms with E-state index >= 15 is 0 Å². The minimum Gasteiger partial charge on any atom is -0.437 e. The van der Waals surface area contributed by atoms with Gasteiger partial charge >= 0.3 is 35.2 Å². The lowest BCUT2D eigenvalue weighted by molar-refractivity contribution is -0.745. The van der Waals surface area contributed by atoms with E-state index in [0.717, 1.165) is 31.8 Å². The molecule has 30 heteroatoms. The molecular weight excluding hydrogens is 917 g/mol. The number of aryl methyl sites for hydroxylation is 1. The maximum absolute atomic E-state index is 13.0. The molecule has 3 aromatic rings. The molecule has 2 amide bonds. The van der Waals surface area contributed by atoms with Crippen LogP contribution >= 0.6 is 34.8 Å². The third kappa shape index (κ3) is 12.1. The first-order chi connectivity index (χ1) is 29.5. The summed E-state index contributed by atoms with van der Waals surface area (Å²) in [6, 6.07) is 12.2. The number of imidazole rings is 1. The van der Waals surface area contributed by atoms with Crippen LogP contribution in [0.4, 0.5) is 16.4 Å². The molecule has 342 valence electrons. The quantitative estimate of drug-likeness (QED) is 0.0248. The number of phosphoric acid groups is 3. The summed E-state index contributed by atoms with van der Waals surface area (Å²) in [6.45, 7) is -0.672. The number of benzene rings is 2. The molecule has 6 atom stereocenters. The Morgan fingerprint density at radius 2 is 1.79 bits per heavy atom. The van der Waals surface area contributed by atoms with Crippen LogP contribution in [-0.4, -0.2) is 122 Å². The zero-order valence-corrected chi connectivity index (χ0v) is 37.3. The van der Waals surface area contributed by atoms with Crippen molar-refractivity contribution in [1.82, 2.24) is 34.7 Å². The predicted octanol–water partition coefficient (Wildman–Crippen LogP) is -0.393. The lowest BCUT2D eigenvalue weighted by atomic mass is 10.1. The summed E-state index contributed by atoms with van der Waals surface area (Å²) in [6.07, 6.45) is -5.87. The number of rotatable bonds is 17. The zero-order chi connectivity index (χ0) is 46.0. The smallest absolute Gasteiger partial charge is 0.437 e. The summed E-state index contributed by atoms with van der Waals surface area (Å²) in [4.78, 5) is 89.6. The Balaban J connectivity index is 1.03. The fraction of sp³-hybridized carbons (Fsp3) is 0.424. The van der Waals surface area contributed by atoms with Gasteiger partial charge in [-0.15, -0.1) is 11.3 Å². The van der Waals surface area contributed by atoms with Crippen LogP contribution in [0.1, 0.15) is 19.1 Å². The molecule has 26 nitrogen and oxygen atoms in total. The third-order valence-corrected chi connectivity index (χ3v) is 14.3. The Morgan fingerprint density at radius 1 is 1.06 bits per heavy atom. The van der Waals surface area contributed by atoms with Gasteiger partial charge in [0.2, 0.25) is 23.0 Å². The number of H-pyrrole nitrogens is 1. The molecule has 2 unspecified atom stereocenters. The van der Waals surface area contributed by atoms with E-state index < -0.39 is 66.3 Å². The Hall–Kier alpha value is -4.72. The second kappa shape index (κ2) is 19.2. The van der Waals surface area contributed by atoms with Gasteiger partial charge in [-0.2, -0.15) is 8.62 Å². The van der Waals surface area contributed by atoms with Gasteiger partial charge in [0.05, 0.1) is 34.4 Å². The summed E-state index contributed by atoms with van der Waals surface area (Å²) in [7, 11) is -9.84. The van der Waals surface area contributed by atoms with Crippen molar-refractivity contribution < 1.29 is 75.2 Å². The van der Waals surface area contributed by atoms with Crippen molar-refractivity contribution >= 4 is 79.8 Å². The minimum atomic E-state index is -5.87. The maximum atomic E-state index is 13.0. The Bertz CT molecular complexity index is 2780. The van der Waals surface area contributed by atoms with Crippen molar-refractivity contribution in [2.45, 2.75) is 37.4 Å². The Labute approximate surface area is 360 Å². The molecule has 2 aromatic heterocycles. The van der Waals surface area contributed by atoms with Crippen molar-refractivity contribution in [3.8, 4) is 10.6 Å². The lowest BCUT2D eigenvalue weighted by Crippen LogP contribution is -2.49. The number of nitrogens with zero attached hydrogens (tertiary/aromatic N) is 6. The van der Waals surface area contributed by atoms with Crippen LogP contribution < -0.4 is 41.3 Å². The summed E-state index contributed by atoms with van der Waals surface area (Å²) < 4.78 is 64.0. The number of aromatic amines is 1. The van der Waals surface area contributed by atoms with Crippen LogP contribution in [0.15, 0.2) is 47.5 Å². The van der Waals surface area contributed by atoms with Crippen molar-refractivity contribution in [2.24, 2.45) is 7.05 Å². The van der Waals surface area contributed by atoms with Gasteiger partial charge < -0.3 is 55.4 Å². The van der Waals surface area contributed by atoms with E-state index in [9.17, 15) is 43.0 Å². The van der Waals surface area contributed by atoms with Crippen LogP contribution in [-0.2, 0) is 48.2 Å². The van der Waals surface area contributed by atoms with Gasteiger partial charge in [0.1, 0.15) is 26.3 Å². The van der Waals surface area contributed by atoms with Crippen LogP contribution in [0.5, 0.6) is 0 Å². The summed E-state index contributed by atoms with van der Waals surface area (Å²) in [5.74, 6) is -0.588. The van der Waals surface area contributed by atoms with Crippen LogP contribution in [0.2, 0.25) is 0 Å². The number of anilines is 2. The molecule has 1 saturated heterocycles. The van der Waals surface area contributed by atoms with Gasteiger partial charge in [-0.1, -0.05) is 4.98 Å². The van der Waals surface area contributed by atoms with E-state index in [0.29, 0.717) is 13.0 Å². The summed E-state index contributed by atoms with van der Waals surface area (Å²) in [5.41, 5.74) is 7.72. The van der Waals surface area contributed by atoms with E-state index in [-0.39, 0.29) is 42.5 Å². The monoisotopic (exact) mass is 962 g/mol. The van der Waals surface area contributed by atoms with Crippen LogP contribution in [0.3, 0.4) is 0 Å². The number of alkyl carbamates (subject to hydrolysis) is 1. The molecule has 0 radical (unpaired) electrons. The molecular formula is C33H45N10O16P3S+2. The number of phosphoric ester groups is 1. The molecule has 2 aliphatic heterocycles. The van der Waals surface area contributed by atoms with E-state index in [1.165, 1.54) is 22.5 Å². The Morgan fingerprint density at radius 3 is 2.51 bits per heavy atom. The van der Waals surface area contributed by atoms with Crippen molar-refractivity contribution in [3.63, 3.8) is 0 Å². The fourth-order valence-electron chi connectivity index (χ4n) is 6.48. The van der Waals surface area contributed by atoms with Gasteiger partial charge in [-0.3, -0.25) is 23.7 Å². The first-order valence-corrected chi connectivity index (χ1v) is 24.0. The van der Waals surface area contributed by atoms with Crippen molar-refractivity contribution in [3.05, 3.63) is 58.4 Å². The molecule has 63 heavy (non-hydrogen) atoms. The molecule has 1 aromatic carbocycles. The molecule has 6 rings (SSSR count). The first-order valence-electron chi connectivity index (χ1n) is 18.6. The number of ether oxygens (including phenoxy) is 2. The maximum Gasteiger partial charge on any atom is 0.490 e. The topological polar surface area (TPSA) is 356 Å². The number of carbonyl (C=O) groups excluding carboxylic acids is 2. The minimum absolute atomic E-state index is 0.00772. The molecule has 4 heterocycles. The molecule has 1 fully saturated rings. The molecule has 0 saturated carbocycles. The van der Waals surface area contributed by atoms with E-state index in [1.54, 1.807) is 11.3 Å². The summed E-state index contributed by atoms with van der Waals surface area (Å²) >= 11 is 1.65. The molecule has 1 aliphatic carbocycles. The number of nitrogens with one attached hydrogen (secondary N) is 3. The number of nitrogen functional groups attached to an aromatic ring is 1. The second-order valence-corrected chi connectivity index (χ2v) is 19.8. The molecule has 10 N–H and O–H groups in total. The molecule has 0 spiro atoms. The predicted molar refractivity (Wildman–Crippen MR) is 223 cm³/mol. The van der Waals surface area contributed by atoms with Gasteiger partial charge in [0, 0.05) is 50.9 Å². The fourth-order valence-corrected chi connectivity index (χ4v) is 10.5. The number of aromatic nitrogens is 5. The Kier molecular flexibility index (Phi) is 14.5. The summed E-state index contributed by atoms with van der Waals surface area (Å²) in [5, 5.41) is 17.4. The highest BCUT2D eigenvalue weighted by Crippen LogP contribution is 2.66.